The topological polar surface area (TPSA) is 44.8 Å². The number of hydrogen-bond donors (Lipinski definition) is 0. The van der Waals surface area contributed by atoms with Gasteiger partial charge in [-0.1, -0.05) is 11.6 Å². The number of rotatable bonds is 9. The van der Waals surface area contributed by atoms with E-state index in [0.717, 1.165) is 6.42 Å². The molecule has 1 aromatic rings. The van der Waals surface area contributed by atoms with Crippen LogP contribution in [0.4, 0.5) is 0 Å². The Labute approximate surface area is 118 Å². The van der Waals surface area contributed by atoms with E-state index < -0.39 is 0 Å². The number of ether oxygens (including phenoxy) is 3. The molecule has 0 amide bonds. The lowest BCUT2D eigenvalue weighted by atomic mass is 10.1. The minimum absolute atomic E-state index is 0.0574. The number of halogens is 1. The van der Waals surface area contributed by atoms with Gasteiger partial charge < -0.3 is 14.2 Å². The average Bonchev–Trinajstić information content (AvgIpc) is 2.37. The van der Waals surface area contributed by atoms with Crippen molar-refractivity contribution in [3.05, 3.63) is 28.8 Å². The second-order valence-corrected chi connectivity index (χ2v) is 4.41. The number of benzene rings is 1. The van der Waals surface area contributed by atoms with E-state index in [4.69, 9.17) is 25.8 Å². The molecule has 0 fully saturated rings. The van der Waals surface area contributed by atoms with Gasteiger partial charge in [-0.25, -0.2) is 0 Å². The predicted molar refractivity (Wildman–Crippen MR) is 74.3 cm³/mol. The molecular weight excluding hydrogens is 268 g/mol. The Kier molecular flexibility index (Phi) is 7.48. The van der Waals surface area contributed by atoms with Gasteiger partial charge in [0.1, 0.15) is 12.4 Å². The Morgan fingerprint density at radius 2 is 2.00 bits per heavy atom. The highest BCUT2D eigenvalue weighted by Crippen LogP contribution is 2.22. The predicted octanol–water partition coefficient (Wildman–Crippen LogP) is 2.97. The summed E-state index contributed by atoms with van der Waals surface area (Å²) < 4.78 is 15.7. The quantitative estimate of drug-likeness (QED) is 0.517. The summed E-state index contributed by atoms with van der Waals surface area (Å²) in [7, 11) is 1.66. The number of methoxy groups -OCH3 is 1. The lowest BCUT2D eigenvalue weighted by Crippen LogP contribution is -2.08. The lowest BCUT2D eigenvalue weighted by molar-refractivity contribution is 0.0806. The summed E-state index contributed by atoms with van der Waals surface area (Å²) >= 11 is 5.98. The smallest absolute Gasteiger partial charge is 0.161 e. The van der Waals surface area contributed by atoms with Gasteiger partial charge in [0.2, 0.25) is 0 Å². The van der Waals surface area contributed by atoms with E-state index in [0.29, 0.717) is 42.8 Å². The molecule has 0 N–H and O–H groups in total. The molecule has 0 aromatic heterocycles. The van der Waals surface area contributed by atoms with Gasteiger partial charge in [0.15, 0.2) is 5.78 Å². The minimum Gasteiger partial charge on any atom is -0.491 e. The summed E-state index contributed by atoms with van der Waals surface area (Å²) in [4.78, 5) is 11.2. The van der Waals surface area contributed by atoms with Crippen LogP contribution in [0, 0.1) is 0 Å². The number of carbonyl (C=O) groups excluding carboxylic acids is 1. The van der Waals surface area contributed by atoms with Crippen LogP contribution in [-0.2, 0) is 9.47 Å². The Balaban J connectivity index is 2.26. The molecular formula is C14H19ClO4. The first-order valence-corrected chi connectivity index (χ1v) is 6.53. The Hall–Kier alpha value is -1.10. The van der Waals surface area contributed by atoms with Crippen LogP contribution in [0.2, 0.25) is 5.02 Å². The first kappa shape index (κ1) is 16.0. The van der Waals surface area contributed by atoms with Crippen molar-refractivity contribution in [3.63, 3.8) is 0 Å². The maximum Gasteiger partial charge on any atom is 0.161 e. The van der Waals surface area contributed by atoms with Crippen molar-refractivity contribution in [1.29, 1.82) is 0 Å². The summed E-state index contributed by atoms with van der Waals surface area (Å²) in [6.07, 6.45) is 0.871. The van der Waals surface area contributed by atoms with Crippen molar-refractivity contribution in [2.75, 3.05) is 33.5 Å². The third-order valence-electron chi connectivity index (χ3n) is 2.45. The SMILES string of the molecule is COCCCOCCOc1ccc(C(C)=O)c(Cl)c1. The molecule has 0 bridgehead atoms. The first-order valence-electron chi connectivity index (χ1n) is 6.15. The van der Waals surface area contributed by atoms with Crippen LogP contribution in [0.25, 0.3) is 0 Å². The Morgan fingerprint density at radius 3 is 2.63 bits per heavy atom. The first-order chi connectivity index (χ1) is 9.15. The lowest BCUT2D eigenvalue weighted by Gasteiger charge is -2.08. The van der Waals surface area contributed by atoms with Crippen LogP contribution in [0.15, 0.2) is 18.2 Å². The van der Waals surface area contributed by atoms with E-state index in [1.54, 1.807) is 25.3 Å². The molecule has 0 saturated carbocycles. The standard InChI is InChI=1S/C14H19ClO4/c1-11(16)13-5-4-12(10-14(13)15)19-9-8-18-7-3-6-17-2/h4-5,10H,3,6-9H2,1-2H3. The Bertz CT molecular complexity index is 406. The highest BCUT2D eigenvalue weighted by molar-refractivity contribution is 6.34. The molecule has 106 valence electrons. The second-order valence-electron chi connectivity index (χ2n) is 4.01. The zero-order valence-electron chi connectivity index (χ0n) is 11.3. The van der Waals surface area contributed by atoms with Crippen molar-refractivity contribution in [2.45, 2.75) is 13.3 Å². The highest BCUT2D eigenvalue weighted by atomic mass is 35.5. The number of hydrogen-bond acceptors (Lipinski definition) is 4. The molecule has 4 nitrogen and oxygen atoms in total. The van der Waals surface area contributed by atoms with E-state index in [-0.39, 0.29) is 5.78 Å². The number of Topliss-reactive ketones (excluding diaryl/α,β-unsaturated/α-hetero) is 1. The van der Waals surface area contributed by atoms with E-state index in [1.807, 2.05) is 0 Å². The zero-order valence-corrected chi connectivity index (χ0v) is 12.0. The van der Waals surface area contributed by atoms with E-state index in [9.17, 15) is 4.79 Å². The Morgan fingerprint density at radius 1 is 1.21 bits per heavy atom. The van der Waals surface area contributed by atoms with E-state index in [2.05, 4.69) is 0 Å². The minimum atomic E-state index is -0.0574. The van der Waals surface area contributed by atoms with Crippen molar-refractivity contribution in [1.82, 2.24) is 0 Å². The molecule has 0 unspecified atom stereocenters. The van der Waals surface area contributed by atoms with Crippen LogP contribution in [0.1, 0.15) is 23.7 Å². The molecule has 0 aliphatic rings. The van der Waals surface area contributed by atoms with Crippen molar-refractivity contribution < 1.29 is 19.0 Å². The van der Waals surface area contributed by atoms with Crippen LogP contribution in [-0.4, -0.2) is 39.3 Å². The van der Waals surface area contributed by atoms with Gasteiger partial charge >= 0.3 is 0 Å². The van der Waals surface area contributed by atoms with Gasteiger partial charge in [-0.2, -0.15) is 0 Å². The molecule has 0 aliphatic heterocycles. The molecule has 5 heteroatoms. The van der Waals surface area contributed by atoms with Gasteiger partial charge in [0.05, 0.1) is 11.6 Å². The maximum absolute atomic E-state index is 11.2. The van der Waals surface area contributed by atoms with E-state index in [1.165, 1.54) is 6.92 Å². The highest BCUT2D eigenvalue weighted by Gasteiger charge is 2.06. The normalized spacial score (nSPS) is 10.5. The van der Waals surface area contributed by atoms with Gasteiger partial charge in [-0.3, -0.25) is 4.79 Å². The summed E-state index contributed by atoms with van der Waals surface area (Å²) in [6.45, 7) is 3.79. The maximum atomic E-state index is 11.2. The van der Waals surface area contributed by atoms with Gasteiger partial charge in [-0.15, -0.1) is 0 Å². The third-order valence-corrected chi connectivity index (χ3v) is 2.77. The van der Waals surface area contributed by atoms with Gasteiger partial charge in [0.25, 0.3) is 0 Å². The summed E-state index contributed by atoms with van der Waals surface area (Å²) in [5.74, 6) is 0.577. The second kappa shape index (κ2) is 8.91. The summed E-state index contributed by atoms with van der Waals surface area (Å²) in [5, 5.41) is 0.408. The molecule has 1 rings (SSSR count). The van der Waals surface area contributed by atoms with Crippen molar-refractivity contribution in [2.24, 2.45) is 0 Å². The monoisotopic (exact) mass is 286 g/mol. The van der Waals surface area contributed by atoms with Gasteiger partial charge in [-0.05, 0) is 31.5 Å². The number of carbonyl (C=O) groups is 1. The van der Waals surface area contributed by atoms with Crippen LogP contribution < -0.4 is 4.74 Å². The fraction of sp³-hybridized carbons (Fsp3) is 0.500. The molecule has 1 aromatic carbocycles. The molecule has 0 atom stereocenters. The summed E-state index contributed by atoms with van der Waals surface area (Å²) in [6, 6.07) is 5.04. The van der Waals surface area contributed by atoms with Gasteiger partial charge in [0, 0.05) is 25.9 Å². The molecule has 19 heavy (non-hydrogen) atoms. The van der Waals surface area contributed by atoms with E-state index >= 15 is 0 Å². The van der Waals surface area contributed by atoms with Crippen LogP contribution in [0.3, 0.4) is 0 Å². The fourth-order valence-electron chi connectivity index (χ4n) is 1.50. The van der Waals surface area contributed by atoms with Crippen molar-refractivity contribution >= 4 is 17.4 Å². The molecule has 0 heterocycles. The van der Waals surface area contributed by atoms with Crippen LogP contribution >= 0.6 is 11.6 Å². The fourth-order valence-corrected chi connectivity index (χ4v) is 1.80. The molecule has 0 radical (unpaired) electrons. The zero-order chi connectivity index (χ0) is 14.1. The third kappa shape index (κ3) is 6.05. The molecule has 0 saturated heterocycles. The number of ketones is 1. The van der Waals surface area contributed by atoms with Crippen LogP contribution in [0.5, 0.6) is 5.75 Å². The molecule has 0 spiro atoms. The summed E-state index contributed by atoms with van der Waals surface area (Å²) in [5.41, 5.74) is 0.504. The van der Waals surface area contributed by atoms with Crippen molar-refractivity contribution in [3.8, 4) is 5.75 Å². The largest absolute Gasteiger partial charge is 0.491 e. The molecule has 0 aliphatic carbocycles. The average molecular weight is 287 g/mol.